The molecule has 1 fully saturated rings. The van der Waals surface area contributed by atoms with Gasteiger partial charge in [-0.25, -0.2) is 0 Å². The molecule has 0 aromatic heterocycles. The van der Waals surface area contributed by atoms with Crippen LogP contribution in [0.3, 0.4) is 0 Å². The van der Waals surface area contributed by atoms with Gasteiger partial charge in [0, 0.05) is 18.3 Å². The number of carbonyl (C=O) groups excluding carboxylic acids is 1. The topological polar surface area (TPSA) is 17.1 Å². The van der Waals surface area contributed by atoms with Gasteiger partial charge in [-0.15, -0.1) is 0 Å². The monoisotopic (exact) mass is 216 g/mol. The van der Waals surface area contributed by atoms with Crippen LogP contribution in [0.25, 0.3) is 0 Å². The molecule has 1 atom stereocenters. The van der Waals surface area contributed by atoms with E-state index in [1.54, 1.807) is 0 Å². The predicted molar refractivity (Wildman–Crippen MR) is 66.4 cm³/mol. The van der Waals surface area contributed by atoms with Crippen LogP contribution in [0.1, 0.15) is 45.1 Å². The third-order valence-corrected chi connectivity index (χ3v) is 4.05. The first-order valence-electron chi connectivity index (χ1n) is 6.22. The first kappa shape index (κ1) is 11.4. The molecule has 0 bridgehead atoms. The lowest BCUT2D eigenvalue weighted by Crippen LogP contribution is -2.38. The first-order chi connectivity index (χ1) is 7.65. The van der Waals surface area contributed by atoms with E-state index in [9.17, 15) is 4.79 Å². The van der Waals surface area contributed by atoms with E-state index in [4.69, 9.17) is 0 Å². The van der Waals surface area contributed by atoms with Gasteiger partial charge < -0.3 is 0 Å². The van der Waals surface area contributed by atoms with E-state index in [0.717, 1.165) is 25.7 Å². The van der Waals surface area contributed by atoms with E-state index in [1.165, 1.54) is 5.56 Å². The molecule has 1 saturated carbocycles. The normalized spacial score (nSPS) is 26.1. The van der Waals surface area contributed by atoms with Crippen molar-refractivity contribution in [1.82, 2.24) is 0 Å². The zero-order valence-electron chi connectivity index (χ0n) is 10.2. The molecule has 0 spiro atoms. The molecule has 1 nitrogen and oxygen atoms in total. The molecule has 1 aromatic rings. The number of benzene rings is 1. The number of hydrogen-bond acceptors (Lipinski definition) is 1. The van der Waals surface area contributed by atoms with Gasteiger partial charge in [0.25, 0.3) is 0 Å². The first-order valence-corrected chi connectivity index (χ1v) is 6.22. The molecule has 1 aliphatic carbocycles. The van der Waals surface area contributed by atoms with Crippen LogP contribution in [0.4, 0.5) is 0 Å². The van der Waals surface area contributed by atoms with E-state index >= 15 is 0 Å². The number of rotatable bonds is 2. The molecule has 0 N–H and O–H groups in total. The van der Waals surface area contributed by atoms with Gasteiger partial charge in [-0.3, -0.25) is 4.79 Å². The molecule has 0 heterocycles. The van der Waals surface area contributed by atoms with Gasteiger partial charge in [0.15, 0.2) is 0 Å². The average Bonchev–Trinajstić information content (AvgIpc) is 2.30. The average molecular weight is 216 g/mol. The van der Waals surface area contributed by atoms with Crippen LogP contribution in [0.2, 0.25) is 0 Å². The Balaban J connectivity index is 2.39. The highest BCUT2D eigenvalue weighted by molar-refractivity contribution is 5.81. The Labute approximate surface area is 97.9 Å². The van der Waals surface area contributed by atoms with E-state index in [1.807, 2.05) is 6.07 Å². The quantitative estimate of drug-likeness (QED) is 0.736. The van der Waals surface area contributed by atoms with Crippen LogP contribution in [-0.2, 0) is 10.2 Å². The second kappa shape index (κ2) is 4.40. The molecule has 0 amide bonds. The summed E-state index contributed by atoms with van der Waals surface area (Å²) < 4.78 is 0. The molecule has 1 aliphatic rings. The third kappa shape index (κ3) is 1.91. The summed E-state index contributed by atoms with van der Waals surface area (Å²) in [6.45, 7) is 4.48. The van der Waals surface area contributed by atoms with Crippen molar-refractivity contribution >= 4 is 5.78 Å². The van der Waals surface area contributed by atoms with Gasteiger partial charge in [-0.05, 0) is 24.3 Å². The van der Waals surface area contributed by atoms with Crippen molar-refractivity contribution in [3.05, 3.63) is 35.9 Å². The highest BCUT2D eigenvalue weighted by atomic mass is 16.1. The van der Waals surface area contributed by atoms with Crippen molar-refractivity contribution in [2.24, 2.45) is 5.92 Å². The Bertz CT molecular complexity index is 366. The van der Waals surface area contributed by atoms with Crippen LogP contribution in [0.15, 0.2) is 30.3 Å². The summed E-state index contributed by atoms with van der Waals surface area (Å²) in [5, 5.41) is 0. The second-order valence-corrected chi connectivity index (χ2v) is 5.25. The summed E-state index contributed by atoms with van der Waals surface area (Å²) in [6, 6.07) is 10.6. The molecule has 0 radical (unpaired) electrons. The van der Waals surface area contributed by atoms with E-state index in [0.29, 0.717) is 11.7 Å². The van der Waals surface area contributed by atoms with Gasteiger partial charge in [-0.2, -0.15) is 0 Å². The summed E-state index contributed by atoms with van der Waals surface area (Å²) in [5.74, 6) is 0.961. The highest BCUT2D eigenvalue weighted by Crippen LogP contribution is 2.43. The maximum Gasteiger partial charge on any atom is 0.133 e. The molecule has 1 aromatic carbocycles. The van der Waals surface area contributed by atoms with Crippen molar-refractivity contribution in [3.63, 3.8) is 0 Å². The van der Waals surface area contributed by atoms with Gasteiger partial charge in [0.05, 0.1) is 0 Å². The Morgan fingerprint density at radius 2 is 1.88 bits per heavy atom. The number of ketones is 1. The maximum absolute atomic E-state index is 11.8. The van der Waals surface area contributed by atoms with Crippen molar-refractivity contribution in [3.8, 4) is 0 Å². The fraction of sp³-hybridized carbons (Fsp3) is 0.533. The molecular formula is C15H20O. The molecule has 1 unspecified atom stereocenters. The summed E-state index contributed by atoms with van der Waals surface area (Å²) in [6.07, 6.45) is 3.71. The number of hydrogen-bond donors (Lipinski definition) is 0. The fourth-order valence-corrected chi connectivity index (χ4v) is 2.97. The molecule has 2 rings (SSSR count). The predicted octanol–water partition coefficient (Wildman–Crippen LogP) is 3.72. The zero-order valence-corrected chi connectivity index (χ0v) is 10.2. The Morgan fingerprint density at radius 1 is 1.19 bits per heavy atom. The van der Waals surface area contributed by atoms with Gasteiger partial charge in [0.2, 0.25) is 0 Å². The van der Waals surface area contributed by atoms with Crippen LogP contribution >= 0.6 is 0 Å². The van der Waals surface area contributed by atoms with Gasteiger partial charge in [0.1, 0.15) is 5.78 Å². The van der Waals surface area contributed by atoms with Crippen LogP contribution in [-0.4, -0.2) is 5.78 Å². The van der Waals surface area contributed by atoms with Crippen LogP contribution < -0.4 is 0 Å². The zero-order chi connectivity index (χ0) is 11.6. The molecular weight excluding hydrogens is 196 g/mol. The Morgan fingerprint density at radius 3 is 2.44 bits per heavy atom. The third-order valence-electron chi connectivity index (χ3n) is 4.05. The Kier molecular flexibility index (Phi) is 3.13. The standard InChI is InChI=1S/C15H20O/c1-12(2)15(10-6-9-14(16)11-15)13-7-4-3-5-8-13/h3-5,7-8,12H,6,9-11H2,1-2H3. The van der Waals surface area contributed by atoms with Crippen molar-refractivity contribution in [1.29, 1.82) is 0 Å². The molecule has 86 valence electrons. The molecule has 0 saturated heterocycles. The lowest BCUT2D eigenvalue weighted by Gasteiger charge is -2.40. The number of carbonyl (C=O) groups is 1. The smallest absolute Gasteiger partial charge is 0.133 e. The van der Waals surface area contributed by atoms with Gasteiger partial charge >= 0.3 is 0 Å². The van der Waals surface area contributed by atoms with E-state index in [2.05, 4.69) is 38.1 Å². The summed E-state index contributed by atoms with van der Waals surface area (Å²) >= 11 is 0. The summed E-state index contributed by atoms with van der Waals surface area (Å²) in [5.41, 5.74) is 1.44. The molecule has 0 aliphatic heterocycles. The SMILES string of the molecule is CC(C)C1(c2ccccc2)CCCC(=O)C1. The lowest BCUT2D eigenvalue weighted by molar-refractivity contribution is -0.122. The van der Waals surface area contributed by atoms with Crippen molar-refractivity contribution in [2.75, 3.05) is 0 Å². The van der Waals surface area contributed by atoms with E-state index in [-0.39, 0.29) is 5.41 Å². The Hall–Kier alpha value is -1.11. The van der Waals surface area contributed by atoms with Crippen molar-refractivity contribution in [2.45, 2.75) is 44.9 Å². The summed E-state index contributed by atoms with van der Waals surface area (Å²) in [7, 11) is 0. The highest BCUT2D eigenvalue weighted by Gasteiger charge is 2.39. The van der Waals surface area contributed by atoms with Gasteiger partial charge in [-0.1, -0.05) is 44.2 Å². The fourth-order valence-electron chi connectivity index (χ4n) is 2.97. The minimum Gasteiger partial charge on any atom is -0.300 e. The second-order valence-electron chi connectivity index (χ2n) is 5.25. The molecule has 1 heteroatoms. The minimum atomic E-state index is 0.0938. The largest absolute Gasteiger partial charge is 0.300 e. The lowest BCUT2D eigenvalue weighted by atomic mass is 9.63. The summed E-state index contributed by atoms with van der Waals surface area (Å²) in [4.78, 5) is 11.8. The number of Topliss-reactive ketones (excluding diaryl/α,β-unsaturated/α-hetero) is 1. The molecule has 16 heavy (non-hydrogen) atoms. The maximum atomic E-state index is 11.8. The van der Waals surface area contributed by atoms with E-state index < -0.39 is 0 Å². The van der Waals surface area contributed by atoms with Crippen LogP contribution in [0, 0.1) is 5.92 Å². The minimum absolute atomic E-state index is 0.0938. The van der Waals surface area contributed by atoms with Crippen LogP contribution in [0.5, 0.6) is 0 Å². The van der Waals surface area contributed by atoms with Crippen molar-refractivity contribution < 1.29 is 4.79 Å².